The molecule has 6 unspecified atom stereocenters. The lowest BCUT2D eigenvalue weighted by Crippen LogP contribution is -2.64. The van der Waals surface area contributed by atoms with E-state index in [9.17, 15) is 44.6 Å². The predicted octanol–water partition coefficient (Wildman–Crippen LogP) is 8.67. The molecule has 8 atom stereocenters. The second kappa shape index (κ2) is 35.2. The maximum Gasteiger partial charge on any atom is 0.472 e. The molecule has 1 fully saturated rings. The molecule has 0 aliphatic heterocycles. The van der Waals surface area contributed by atoms with Crippen LogP contribution in [-0.2, 0) is 32.7 Å². The van der Waals surface area contributed by atoms with Crippen LogP contribution in [0, 0.1) is 0 Å². The topological polar surface area (TPSA) is 210 Å². The van der Waals surface area contributed by atoms with E-state index in [0.29, 0.717) is 12.8 Å². The molecule has 0 aromatic heterocycles. The van der Waals surface area contributed by atoms with E-state index in [-0.39, 0.29) is 12.8 Å². The van der Waals surface area contributed by atoms with E-state index in [1.807, 2.05) is 0 Å². The highest BCUT2D eigenvalue weighted by molar-refractivity contribution is 7.47. The number of phosphoric acid groups is 1. The van der Waals surface area contributed by atoms with Crippen LogP contribution in [0.4, 0.5) is 0 Å². The van der Waals surface area contributed by atoms with Crippen molar-refractivity contribution < 1.29 is 63.1 Å². The molecule has 0 spiro atoms. The Morgan fingerprint density at radius 2 is 0.879 bits per heavy atom. The van der Waals surface area contributed by atoms with Crippen LogP contribution in [0.25, 0.3) is 0 Å². The SMILES string of the molecule is CCCCCCCCCC/C=C/CCCCCC(=O)O[C@@H](COC(=O)CCCCCCCCCCCCCCCC)COP(=O)(O)OC1C(O)C(O)C(O)[C@H](O)C1O. The third-order valence-electron chi connectivity index (χ3n) is 10.9. The second-order valence-electron chi connectivity index (χ2n) is 16.3. The lowest BCUT2D eigenvalue weighted by molar-refractivity contribution is -0.220. The minimum absolute atomic E-state index is 0.0807. The molecule has 0 bridgehead atoms. The van der Waals surface area contributed by atoms with Gasteiger partial charge in [-0.25, -0.2) is 4.57 Å². The third-order valence-corrected chi connectivity index (χ3v) is 11.8. The maximum atomic E-state index is 12.8. The van der Waals surface area contributed by atoms with E-state index in [1.165, 1.54) is 116 Å². The van der Waals surface area contributed by atoms with E-state index in [2.05, 4.69) is 26.0 Å². The Hall–Kier alpha value is -1.41. The molecule has 342 valence electrons. The number of hydrogen-bond donors (Lipinski definition) is 6. The van der Waals surface area contributed by atoms with Crippen molar-refractivity contribution in [1.82, 2.24) is 0 Å². The van der Waals surface area contributed by atoms with Crippen molar-refractivity contribution in [3.63, 3.8) is 0 Å². The average Bonchev–Trinajstić information content (AvgIpc) is 3.20. The summed E-state index contributed by atoms with van der Waals surface area (Å²) < 4.78 is 33.5. The standard InChI is InChI=1S/C44H83O13P/c1-3-5-7-9-11-13-15-17-19-21-23-25-27-29-31-33-38(46)56-36(35-55-58(52,53)57-44-42(50)40(48)39(47)41(49)43(44)51)34-54-37(45)32-30-28-26-24-22-20-18-16-14-12-10-8-6-4-2/h21,23,36,39-44,47-51H,3-20,22,24-35H2,1-2H3,(H,52,53)/b23-21+/t36-,39?,40-,41?,42?,43?,44?/m0/s1. The number of unbranched alkanes of at least 4 members (excludes halogenated alkanes) is 24. The number of rotatable bonds is 38. The Morgan fingerprint density at radius 1 is 0.517 bits per heavy atom. The van der Waals surface area contributed by atoms with Crippen molar-refractivity contribution in [2.75, 3.05) is 13.2 Å². The van der Waals surface area contributed by atoms with E-state index in [4.69, 9.17) is 18.5 Å². The predicted molar refractivity (Wildman–Crippen MR) is 226 cm³/mol. The van der Waals surface area contributed by atoms with E-state index in [1.54, 1.807) is 0 Å². The van der Waals surface area contributed by atoms with Gasteiger partial charge in [-0.1, -0.05) is 161 Å². The quantitative estimate of drug-likeness (QED) is 0.0149. The van der Waals surface area contributed by atoms with Crippen LogP contribution in [0.5, 0.6) is 0 Å². The van der Waals surface area contributed by atoms with Crippen molar-refractivity contribution in [1.29, 1.82) is 0 Å². The number of carbonyl (C=O) groups is 2. The molecule has 1 rings (SSSR count). The highest BCUT2D eigenvalue weighted by Crippen LogP contribution is 2.47. The lowest BCUT2D eigenvalue weighted by atomic mass is 9.85. The summed E-state index contributed by atoms with van der Waals surface area (Å²) in [6, 6.07) is 0. The van der Waals surface area contributed by atoms with Gasteiger partial charge in [0.2, 0.25) is 0 Å². The van der Waals surface area contributed by atoms with Gasteiger partial charge in [0.25, 0.3) is 0 Å². The fourth-order valence-corrected chi connectivity index (χ4v) is 8.08. The number of aliphatic hydroxyl groups is 5. The first-order valence-corrected chi connectivity index (χ1v) is 24.5. The summed E-state index contributed by atoms with van der Waals surface area (Å²) in [6.45, 7) is 3.29. The van der Waals surface area contributed by atoms with Gasteiger partial charge in [0.15, 0.2) is 6.10 Å². The lowest BCUT2D eigenvalue weighted by Gasteiger charge is -2.41. The molecule has 0 heterocycles. The van der Waals surface area contributed by atoms with E-state index in [0.717, 1.165) is 44.9 Å². The van der Waals surface area contributed by atoms with Gasteiger partial charge < -0.3 is 39.9 Å². The summed E-state index contributed by atoms with van der Waals surface area (Å²) in [4.78, 5) is 35.6. The normalized spacial score (nSPS) is 22.6. The minimum Gasteiger partial charge on any atom is -0.462 e. The summed E-state index contributed by atoms with van der Waals surface area (Å²) >= 11 is 0. The van der Waals surface area contributed by atoms with Crippen LogP contribution in [0.15, 0.2) is 12.2 Å². The Bertz CT molecular complexity index is 1080. The first kappa shape index (κ1) is 54.6. The number of allylic oxidation sites excluding steroid dienone is 2. The van der Waals surface area contributed by atoms with Crippen LogP contribution in [0.3, 0.4) is 0 Å². The zero-order valence-corrected chi connectivity index (χ0v) is 37.0. The second-order valence-corrected chi connectivity index (χ2v) is 17.7. The molecule has 0 aromatic rings. The number of carbonyl (C=O) groups excluding carboxylic acids is 2. The van der Waals surface area contributed by atoms with Crippen molar-refractivity contribution in [2.45, 2.75) is 243 Å². The Balaban J connectivity index is 2.47. The van der Waals surface area contributed by atoms with Crippen molar-refractivity contribution in [3.8, 4) is 0 Å². The molecule has 6 N–H and O–H groups in total. The average molecular weight is 851 g/mol. The first-order valence-electron chi connectivity index (χ1n) is 23.0. The van der Waals surface area contributed by atoms with Crippen molar-refractivity contribution in [3.05, 3.63) is 12.2 Å². The third kappa shape index (κ3) is 27.4. The van der Waals surface area contributed by atoms with Gasteiger partial charge in [-0.2, -0.15) is 0 Å². The summed E-state index contributed by atoms with van der Waals surface area (Å²) in [5, 5.41) is 50.1. The molecule has 14 heteroatoms. The maximum absolute atomic E-state index is 12.8. The summed E-state index contributed by atoms with van der Waals surface area (Å²) in [6.07, 6.45) is 22.7. The van der Waals surface area contributed by atoms with Gasteiger partial charge >= 0.3 is 19.8 Å². The van der Waals surface area contributed by atoms with Crippen LogP contribution < -0.4 is 0 Å². The molecule has 0 amide bonds. The molecule has 13 nitrogen and oxygen atoms in total. The largest absolute Gasteiger partial charge is 0.472 e. The van der Waals surface area contributed by atoms with Crippen LogP contribution in [0.2, 0.25) is 0 Å². The van der Waals surface area contributed by atoms with Crippen molar-refractivity contribution in [2.24, 2.45) is 0 Å². The van der Waals surface area contributed by atoms with Gasteiger partial charge in [-0.3, -0.25) is 18.6 Å². The Labute approximate surface area is 350 Å². The number of ether oxygens (including phenoxy) is 2. The minimum atomic E-state index is -5.11. The summed E-state index contributed by atoms with van der Waals surface area (Å²) in [5.74, 6) is -1.11. The number of esters is 2. The highest BCUT2D eigenvalue weighted by atomic mass is 31.2. The Kier molecular flexibility index (Phi) is 33.2. The van der Waals surface area contributed by atoms with E-state index >= 15 is 0 Å². The molecule has 0 saturated heterocycles. The number of aliphatic hydroxyl groups excluding tert-OH is 5. The van der Waals surface area contributed by atoms with Gasteiger partial charge in [0.05, 0.1) is 6.61 Å². The monoisotopic (exact) mass is 851 g/mol. The highest BCUT2D eigenvalue weighted by Gasteiger charge is 2.51. The van der Waals surface area contributed by atoms with Crippen LogP contribution >= 0.6 is 7.82 Å². The Morgan fingerprint density at radius 3 is 1.33 bits per heavy atom. The molecule has 58 heavy (non-hydrogen) atoms. The molecule has 1 aliphatic carbocycles. The first-order chi connectivity index (χ1) is 27.9. The van der Waals surface area contributed by atoms with Crippen LogP contribution in [0.1, 0.15) is 200 Å². The zero-order chi connectivity index (χ0) is 42.9. The molecule has 1 aliphatic rings. The zero-order valence-electron chi connectivity index (χ0n) is 36.1. The number of phosphoric ester groups is 1. The fourth-order valence-electron chi connectivity index (χ4n) is 7.11. The molecular formula is C44H83O13P. The van der Waals surface area contributed by atoms with E-state index < -0.39 is 75.7 Å². The molecule has 0 aromatic carbocycles. The van der Waals surface area contributed by atoms with Gasteiger partial charge in [-0.15, -0.1) is 0 Å². The molecule has 0 radical (unpaired) electrons. The van der Waals surface area contributed by atoms with Gasteiger partial charge in [-0.05, 0) is 38.5 Å². The van der Waals surface area contributed by atoms with Crippen LogP contribution in [-0.4, -0.2) is 98.3 Å². The summed E-state index contributed by atoms with van der Waals surface area (Å²) in [5.41, 5.74) is 0. The molecular weight excluding hydrogens is 767 g/mol. The number of hydrogen-bond acceptors (Lipinski definition) is 12. The van der Waals surface area contributed by atoms with Gasteiger partial charge in [0.1, 0.15) is 43.2 Å². The smallest absolute Gasteiger partial charge is 0.462 e. The fraction of sp³-hybridized carbons (Fsp3) is 0.909. The van der Waals surface area contributed by atoms with Gasteiger partial charge in [0, 0.05) is 12.8 Å². The summed E-state index contributed by atoms with van der Waals surface area (Å²) in [7, 11) is -5.11. The molecule has 1 saturated carbocycles. The van der Waals surface area contributed by atoms with Crippen molar-refractivity contribution >= 4 is 19.8 Å².